The standard InChI is InChI=1S/C25H28N2O5S/c1-33-14-12-21(23(28)27-13-6-11-22(27)24(29)30)26-25(31)32-15-20-18-9-4-2-7-16(18)17-8-3-5-10-19(17)20/h2-5,7-10,20-22H,6,11-15H2,1H3,(H,26,31)(H,29,30)/t21-,22?/m1/s1. The van der Waals surface area contributed by atoms with E-state index in [-0.39, 0.29) is 18.4 Å². The van der Waals surface area contributed by atoms with Crippen LogP contribution in [0.25, 0.3) is 11.1 Å². The summed E-state index contributed by atoms with van der Waals surface area (Å²) in [5.41, 5.74) is 4.51. The lowest BCUT2D eigenvalue weighted by atomic mass is 9.98. The van der Waals surface area contributed by atoms with E-state index in [1.807, 2.05) is 42.7 Å². The van der Waals surface area contributed by atoms with E-state index in [1.54, 1.807) is 11.8 Å². The first-order chi connectivity index (χ1) is 16.0. The predicted octanol–water partition coefficient (Wildman–Crippen LogP) is 3.72. The number of hydrogen-bond donors (Lipinski definition) is 2. The van der Waals surface area contributed by atoms with Crippen LogP contribution < -0.4 is 5.32 Å². The van der Waals surface area contributed by atoms with Crippen LogP contribution in [0.1, 0.15) is 36.3 Å². The number of alkyl carbamates (subject to hydrolysis) is 1. The maximum atomic E-state index is 13.1. The fourth-order valence-corrected chi connectivity index (χ4v) is 5.23. The van der Waals surface area contributed by atoms with Gasteiger partial charge in [-0.25, -0.2) is 9.59 Å². The van der Waals surface area contributed by atoms with Crippen LogP contribution in [-0.2, 0) is 14.3 Å². The summed E-state index contributed by atoms with van der Waals surface area (Å²) in [5.74, 6) is -0.780. The first-order valence-corrected chi connectivity index (χ1v) is 12.5. The second-order valence-corrected chi connectivity index (χ2v) is 9.32. The topological polar surface area (TPSA) is 95.9 Å². The van der Waals surface area contributed by atoms with Gasteiger partial charge in [0.05, 0.1) is 0 Å². The largest absolute Gasteiger partial charge is 0.480 e. The van der Waals surface area contributed by atoms with Gasteiger partial charge in [-0.2, -0.15) is 11.8 Å². The van der Waals surface area contributed by atoms with Gasteiger partial charge in [-0.15, -0.1) is 0 Å². The number of nitrogens with zero attached hydrogens (tertiary/aromatic N) is 1. The van der Waals surface area contributed by atoms with Gasteiger partial charge in [0, 0.05) is 12.5 Å². The number of thioether (sulfide) groups is 1. The number of rotatable bonds is 8. The van der Waals surface area contributed by atoms with E-state index in [9.17, 15) is 19.5 Å². The van der Waals surface area contributed by atoms with Crippen molar-refractivity contribution in [3.05, 3.63) is 59.7 Å². The molecule has 1 aliphatic heterocycles. The number of likely N-dealkylation sites (tertiary alicyclic amines) is 1. The third-order valence-corrected chi connectivity index (χ3v) is 7.01. The van der Waals surface area contributed by atoms with E-state index in [0.717, 1.165) is 22.3 Å². The monoisotopic (exact) mass is 468 g/mol. The molecule has 174 valence electrons. The Labute approximate surface area is 197 Å². The van der Waals surface area contributed by atoms with E-state index < -0.39 is 24.1 Å². The summed E-state index contributed by atoms with van der Waals surface area (Å²) < 4.78 is 5.59. The van der Waals surface area contributed by atoms with Gasteiger partial charge in [0.2, 0.25) is 5.91 Å². The minimum atomic E-state index is -1.01. The summed E-state index contributed by atoms with van der Waals surface area (Å²) in [5, 5.41) is 12.1. The minimum absolute atomic E-state index is 0.0709. The van der Waals surface area contributed by atoms with Crippen LogP contribution in [0.15, 0.2) is 48.5 Å². The number of nitrogens with one attached hydrogen (secondary N) is 1. The molecule has 2 aliphatic rings. The van der Waals surface area contributed by atoms with E-state index in [2.05, 4.69) is 17.4 Å². The number of benzene rings is 2. The first kappa shape index (κ1) is 23.2. The molecular formula is C25H28N2O5S. The number of aliphatic carboxylic acids is 1. The van der Waals surface area contributed by atoms with E-state index in [4.69, 9.17) is 4.74 Å². The number of carboxylic acids is 1. The zero-order valence-corrected chi connectivity index (χ0v) is 19.3. The molecule has 1 saturated heterocycles. The summed E-state index contributed by atoms with van der Waals surface area (Å²) in [7, 11) is 0. The fraction of sp³-hybridized carbons (Fsp3) is 0.400. The van der Waals surface area contributed by atoms with Gasteiger partial charge in [0.25, 0.3) is 0 Å². The van der Waals surface area contributed by atoms with Gasteiger partial charge in [0.15, 0.2) is 0 Å². The molecule has 1 fully saturated rings. The average molecular weight is 469 g/mol. The molecule has 7 nitrogen and oxygen atoms in total. The Morgan fingerprint density at radius 1 is 1.12 bits per heavy atom. The first-order valence-electron chi connectivity index (χ1n) is 11.1. The van der Waals surface area contributed by atoms with Crippen LogP contribution in [0.4, 0.5) is 4.79 Å². The van der Waals surface area contributed by atoms with Crippen LogP contribution in [0.3, 0.4) is 0 Å². The van der Waals surface area contributed by atoms with Crippen LogP contribution in [-0.4, -0.2) is 65.2 Å². The molecule has 2 N–H and O–H groups in total. The van der Waals surface area contributed by atoms with Crippen molar-refractivity contribution in [2.24, 2.45) is 0 Å². The van der Waals surface area contributed by atoms with Gasteiger partial charge in [0.1, 0.15) is 18.7 Å². The van der Waals surface area contributed by atoms with Crippen molar-refractivity contribution in [2.75, 3.05) is 25.2 Å². The lowest BCUT2D eigenvalue weighted by Crippen LogP contribution is -2.52. The maximum Gasteiger partial charge on any atom is 0.407 e. The molecule has 2 aromatic carbocycles. The zero-order chi connectivity index (χ0) is 23.4. The second kappa shape index (κ2) is 10.3. The Bertz CT molecular complexity index is 997. The molecule has 33 heavy (non-hydrogen) atoms. The molecule has 1 heterocycles. The van der Waals surface area contributed by atoms with Crippen molar-refractivity contribution in [2.45, 2.75) is 37.3 Å². The van der Waals surface area contributed by atoms with Crippen molar-refractivity contribution in [3.63, 3.8) is 0 Å². The number of ether oxygens (including phenoxy) is 1. The number of amides is 2. The Morgan fingerprint density at radius 3 is 2.36 bits per heavy atom. The molecule has 2 atom stereocenters. The molecule has 0 radical (unpaired) electrons. The van der Waals surface area contributed by atoms with Crippen molar-refractivity contribution >= 4 is 29.7 Å². The SMILES string of the molecule is CSCC[C@@H](NC(=O)OCC1c2ccccc2-c2ccccc21)C(=O)N1CCCC1C(=O)O. The molecule has 1 unspecified atom stereocenters. The fourth-order valence-electron chi connectivity index (χ4n) is 4.76. The highest BCUT2D eigenvalue weighted by Crippen LogP contribution is 2.44. The Kier molecular flexibility index (Phi) is 7.23. The molecule has 1 aliphatic carbocycles. The third kappa shape index (κ3) is 4.85. The van der Waals surface area contributed by atoms with Crippen molar-refractivity contribution in [1.82, 2.24) is 10.2 Å². The molecule has 2 amide bonds. The van der Waals surface area contributed by atoms with Crippen molar-refractivity contribution < 1.29 is 24.2 Å². The van der Waals surface area contributed by atoms with Crippen LogP contribution in [0.2, 0.25) is 0 Å². The summed E-state index contributed by atoms with van der Waals surface area (Å²) in [4.78, 5) is 38.7. The Balaban J connectivity index is 1.43. The number of fused-ring (bicyclic) bond motifs is 3. The third-order valence-electron chi connectivity index (χ3n) is 6.37. The summed E-state index contributed by atoms with van der Waals surface area (Å²) in [6.45, 7) is 0.544. The van der Waals surface area contributed by atoms with Gasteiger partial charge >= 0.3 is 12.1 Å². The van der Waals surface area contributed by atoms with Gasteiger partial charge in [-0.05, 0) is 53.5 Å². The smallest absolute Gasteiger partial charge is 0.407 e. The van der Waals surface area contributed by atoms with E-state index in [0.29, 0.717) is 31.6 Å². The van der Waals surface area contributed by atoms with Crippen molar-refractivity contribution in [3.8, 4) is 11.1 Å². The lowest BCUT2D eigenvalue weighted by molar-refractivity contribution is -0.149. The molecule has 8 heteroatoms. The van der Waals surface area contributed by atoms with Gasteiger partial charge in [-0.1, -0.05) is 48.5 Å². The highest BCUT2D eigenvalue weighted by Gasteiger charge is 2.38. The minimum Gasteiger partial charge on any atom is -0.480 e. The van der Waals surface area contributed by atoms with E-state index in [1.165, 1.54) is 4.90 Å². The number of carboxylic acid groups (broad SMARTS) is 1. The molecular weight excluding hydrogens is 440 g/mol. The molecule has 4 rings (SSSR count). The average Bonchev–Trinajstić information content (AvgIpc) is 3.43. The molecule has 0 aromatic heterocycles. The zero-order valence-electron chi connectivity index (χ0n) is 18.5. The quantitative estimate of drug-likeness (QED) is 0.613. The van der Waals surface area contributed by atoms with Crippen LogP contribution >= 0.6 is 11.8 Å². The number of hydrogen-bond acceptors (Lipinski definition) is 5. The maximum absolute atomic E-state index is 13.1. The summed E-state index contributed by atoms with van der Waals surface area (Å²) in [6, 6.07) is 14.5. The van der Waals surface area contributed by atoms with Crippen LogP contribution in [0.5, 0.6) is 0 Å². The van der Waals surface area contributed by atoms with E-state index >= 15 is 0 Å². The van der Waals surface area contributed by atoms with Crippen LogP contribution in [0, 0.1) is 0 Å². The summed E-state index contributed by atoms with van der Waals surface area (Å²) >= 11 is 1.56. The Morgan fingerprint density at radius 2 is 1.76 bits per heavy atom. The number of carbonyl (C=O) groups excluding carboxylic acids is 2. The second-order valence-electron chi connectivity index (χ2n) is 8.33. The highest BCUT2D eigenvalue weighted by molar-refractivity contribution is 7.98. The molecule has 0 spiro atoms. The highest BCUT2D eigenvalue weighted by atomic mass is 32.2. The number of carbonyl (C=O) groups is 3. The summed E-state index contributed by atoms with van der Waals surface area (Å²) in [6.07, 6.45) is 2.74. The predicted molar refractivity (Wildman–Crippen MR) is 127 cm³/mol. The van der Waals surface area contributed by atoms with Crippen molar-refractivity contribution in [1.29, 1.82) is 0 Å². The normalized spacial score (nSPS) is 17.8. The molecule has 0 saturated carbocycles. The molecule has 2 aromatic rings. The Hall–Kier alpha value is -3.00. The molecule has 0 bridgehead atoms. The van der Waals surface area contributed by atoms with Gasteiger partial charge in [-0.3, -0.25) is 4.79 Å². The van der Waals surface area contributed by atoms with Gasteiger partial charge < -0.3 is 20.1 Å². The lowest BCUT2D eigenvalue weighted by Gasteiger charge is -2.27.